The SMILES string of the molecule is CCOc1cc(CN)ccc1OCc1cc(F)ccc1C. The first kappa shape index (κ1) is 15.3. The predicted molar refractivity (Wildman–Crippen MR) is 81.0 cm³/mol. The van der Waals surface area contributed by atoms with E-state index in [4.69, 9.17) is 15.2 Å². The van der Waals surface area contributed by atoms with Crippen molar-refractivity contribution in [1.82, 2.24) is 0 Å². The largest absolute Gasteiger partial charge is 0.490 e. The Kier molecular flexibility index (Phi) is 5.17. The molecule has 3 nitrogen and oxygen atoms in total. The minimum Gasteiger partial charge on any atom is -0.490 e. The zero-order valence-corrected chi connectivity index (χ0v) is 12.4. The van der Waals surface area contributed by atoms with Crippen molar-refractivity contribution >= 4 is 0 Å². The summed E-state index contributed by atoms with van der Waals surface area (Å²) < 4.78 is 24.6. The number of ether oxygens (including phenoxy) is 2. The first-order chi connectivity index (χ1) is 10.1. The maximum atomic E-state index is 13.3. The van der Waals surface area contributed by atoms with Crippen molar-refractivity contribution in [3.05, 3.63) is 58.9 Å². The van der Waals surface area contributed by atoms with E-state index in [0.717, 1.165) is 16.7 Å². The van der Waals surface area contributed by atoms with Crippen LogP contribution in [0.4, 0.5) is 4.39 Å². The monoisotopic (exact) mass is 289 g/mol. The highest BCUT2D eigenvalue weighted by Crippen LogP contribution is 2.29. The van der Waals surface area contributed by atoms with Gasteiger partial charge in [-0.15, -0.1) is 0 Å². The minimum atomic E-state index is -0.261. The van der Waals surface area contributed by atoms with E-state index in [2.05, 4.69) is 0 Å². The van der Waals surface area contributed by atoms with E-state index in [1.54, 1.807) is 6.07 Å². The Morgan fingerprint density at radius 2 is 1.86 bits per heavy atom. The summed E-state index contributed by atoms with van der Waals surface area (Å²) in [4.78, 5) is 0. The Bertz CT molecular complexity index is 614. The molecule has 0 saturated carbocycles. The Balaban J connectivity index is 2.17. The molecule has 0 fully saturated rings. The average molecular weight is 289 g/mol. The lowest BCUT2D eigenvalue weighted by Gasteiger charge is -2.14. The molecule has 0 radical (unpaired) electrons. The van der Waals surface area contributed by atoms with E-state index >= 15 is 0 Å². The maximum Gasteiger partial charge on any atom is 0.161 e. The molecule has 0 aliphatic carbocycles. The number of benzene rings is 2. The molecule has 0 unspecified atom stereocenters. The van der Waals surface area contributed by atoms with Gasteiger partial charge in [0.25, 0.3) is 0 Å². The standard InChI is InChI=1S/C17H20FNO2/c1-3-20-17-8-13(10-19)5-7-16(17)21-11-14-9-15(18)6-4-12(14)2/h4-9H,3,10-11,19H2,1-2H3. The second-order valence-corrected chi connectivity index (χ2v) is 4.78. The van der Waals surface area contributed by atoms with Crippen LogP contribution in [0.15, 0.2) is 36.4 Å². The van der Waals surface area contributed by atoms with Gasteiger partial charge in [-0.1, -0.05) is 12.1 Å². The van der Waals surface area contributed by atoms with Crippen LogP contribution in [0, 0.1) is 12.7 Å². The van der Waals surface area contributed by atoms with Gasteiger partial charge in [-0.05, 0) is 54.8 Å². The topological polar surface area (TPSA) is 44.5 Å². The molecular weight excluding hydrogens is 269 g/mol. The predicted octanol–water partition coefficient (Wildman–Crippen LogP) is 3.57. The van der Waals surface area contributed by atoms with Gasteiger partial charge in [-0.2, -0.15) is 0 Å². The van der Waals surface area contributed by atoms with E-state index in [1.807, 2.05) is 32.0 Å². The van der Waals surface area contributed by atoms with Crippen LogP contribution in [-0.2, 0) is 13.2 Å². The summed E-state index contributed by atoms with van der Waals surface area (Å²) in [7, 11) is 0. The van der Waals surface area contributed by atoms with Gasteiger partial charge in [-0.3, -0.25) is 0 Å². The molecule has 0 spiro atoms. The lowest BCUT2D eigenvalue weighted by atomic mass is 10.1. The van der Waals surface area contributed by atoms with Crippen molar-refractivity contribution in [3.8, 4) is 11.5 Å². The van der Waals surface area contributed by atoms with Crippen LogP contribution in [0.25, 0.3) is 0 Å². The maximum absolute atomic E-state index is 13.3. The Morgan fingerprint density at radius 1 is 1.05 bits per heavy atom. The van der Waals surface area contributed by atoms with Gasteiger partial charge in [0.1, 0.15) is 12.4 Å². The van der Waals surface area contributed by atoms with E-state index in [0.29, 0.717) is 31.3 Å². The third kappa shape index (κ3) is 3.95. The molecule has 0 bridgehead atoms. The smallest absolute Gasteiger partial charge is 0.161 e. The van der Waals surface area contributed by atoms with Crippen molar-refractivity contribution in [3.63, 3.8) is 0 Å². The summed E-state index contributed by atoms with van der Waals surface area (Å²) in [5.74, 6) is 1.04. The van der Waals surface area contributed by atoms with Crippen LogP contribution in [-0.4, -0.2) is 6.61 Å². The molecule has 0 saturated heterocycles. The fourth-order valence-corrected chi connectivity index (χ4v) is 2.02. The van der Waals surface area contributed by atoms with Gasteiger partial charge < -0.3 is 15.2 Å². The van der Waals surface area contributed by atoms with Crippen LogP contribution < -0.4 is 15.2 Å². The molecule has 0 atom stereocenters. The van der Waals surface area contributed by atoms with Crippen molar-refractivity contribution < 1.29 is 13.9 Å². The molecule has 2 N–H and O–H groups in total. The van der Waals surface area contributed by atoms with E-state index in [9.17, 15) is 4.39 Å². The lowest BCUT2D eigenvalue weighted by molar-refractivity contribution is 0.268. The van der Waals surface area contributed by atoms with E-state index < -0.39 is 0 Å². The first-order valence-electron chi connectivity index (χ1n) is 6.97. The highest BCUT2D eigenvalue weighted by Gasteiger charge is 2.08. The van der Waals surface area contributed by atoms with Gasteiger partial charge in [0.15, 0.2) is 11.5 Å². The van der Waals surface area contributed by atoms with Gasteiger partial charge in [0, 0.05) is 6.54 Å². The zero-order chi connectivity index (χ0) is 15.2. The van der Waals surface area contributed by atoms with Gasteiger partial charge in [0.05, 0.1) is 6.61 Å². The number of aryl methyl sites for hydroxylation is 1. The van der Waals surface area contributed by atoms with Crippen molar-refractivity contribution in [2.45, 2.75) is 27.0 Å². The second-order valence-electron chi connectivity index (χ2n) is 4.78. The molecule has 2 aromatic carbocycles. The Labute approximate surface area is 124 Å². The average Bonchev–Trinajstić information content (AvgIpc) is 2.49. The fraction of sp³-hybridized carbons (Fsp3) is 0.294. The summed E-state index contributed by atoms with van der Waals surface area (Å²) in [5.41, 5.74) is 8.42. The van der Waals surface area contributed by atoms with Gasteiger partial charge in [0.2, 0.25) is 0 Å². The van der Waals surface area contributed by atoms with Gasteiger partial charge >= 0.3 is 0 Å². The molecule has 0 aliphatic rings. The Hall–Kier alpha value is -2.07. The quantitative estimate of drug-likeness (QED) is 0.884. The van der Waals surface area contributed by atoms with E-state index in [1.165, 1.54) is 12.1 Å². The third-order valence-corrected chi connectivity index (χ3v) is 3.24. The summed E-state index contributed by atoms with van der Waals surface area (Å²) in [5, 5.41) is 0. The minimum absolute atomic E-state index is 0.261. The number of halogens is 1. The fourth-order valence-electron chi connectivity index (χ4n) is 2.02. The third-order valence-electron chi connectivity index (χ3n) is 3.24. The van der Waals surface area contributed by atoms with Crippen LogP contribution in [0.5, 0.6) is 11.5 Å². The van der Waals surface area contributed by atoms with E-state index in [-0.39, 0.29) is 5.82 Å². The normalized spacial score (nSPS) is 10.5. The van der Waals surface area contributed by atoms with Crippen molar-refractivity contribution in [2.75, 3.05) is 6.61 Å². The van der Waals surface area contributed by atoms with Crippen LogP contribution in [0.1, 0.15) is 23.6 Å². The summed E-state index contributed by atoms with van der Waals surface area (Å²) >= 11 is 0. The summed E-state index contributed by atoms with van der Waals surface area (Å²) in [6.07, 6.45) is 0. The Morgan fingerprint density at radius 3 is 2.57 bits per heavy atom. The molecule has 4 heteroatoms. The molecule has 0 aromatic heterocycles. The number of hydrogen-bond acceptors (Lipinski definition) is 3. The molecule has 0 amide bonds. The molecule has 0 aliphatic heterocycles. The lowest BCUT2D eigenvalue weighted by Crippen LogP contribution is -2.03. The first-order valence-corrected chi connectivity index (χ1v) is 6.97. The molecule has 21 heavy (non-hydrogen) atoms. The van der Waals surface area contributed by atoms with Crippen LogP contribution in [0.2, 0.25) is 0 Å². The molecule has 0 heterocycles. The van der Waals surface area contributed by atoms with Crippen molar-refractivity contribution in [1.29, 1.82) is 0 Å². The molecule has 2 rings (SSSR count). The number of nitrogens with two attached hydrogens (primary N) is 1. The van der Waals surface area contributed by atoms with Crippen molar-refractivity contribution in [2.24, 2.45) is 5.73 Å². The van der Waals surface area contributed by atoms with Crippen LogP contribution >= 0.6 is 0 Å². The molecular formula is C17H20FNO2. The highest BCUT2D eigenvalue weighted by molar-refractivity contribution is 5.43. The highest BCUT2D eigenvalue weighted by atomic mass is 19.1. The van der Waals surface area contributed by atoms with Gasteiger partial charge in [-0.25, -0.2) is 4.39 Å². The number of hydrogen-bond donors (Lipinski definition) is 1. The molecule has 2 aromatic rings. The summed E-state index contributed by atoms with van der Waals surface area (Å²) in [6, 6.07) is 10.3. The molecule has 112 valence electrons. The second kappa shape index (κ2) is 7.09. The van der Waals surface area contributed by atoms with Crippen LogP contribution in [0.3, 0.4) is 0 Å². The number of rotatable bonds is 6. The summed E-state index contributed by atoms with van der Waals surface area (Å²) in [6.45, 7) is 5.13. The zero-order valence-electron chi connectivity index (χ0n) is 12.4.